The van der Waals surface area contributed by atoms with Gasteiger partial charge in [-0.2, -0.15) is 0 Å². The number of carboxylic acids is 1. The number of carbonyl (C=O) groups is 2. The fourth-order valence-electron chi connectivity index (χ4n) is 4.85. The smallest absolute Gasteiger partial charge is 0.335 e. The maximum atomic E-state index is 14.5. The minimum Gasteiger partial charge on any atom is -0.478 e. The summed E-state index contributed by atoms with van der Waals surface area (Å²) >= 11 is 0. The van der Waals surface area contributed by atoms with Gasteiger partial charge in [0.2, 0.25) is 0 Å². The lowest BCUT2D eigenvalue weighted by Crippen LogP contribution is -2.31. The number of benzene rings is 1. The minimum atomic E-state index is -1.53. The van der Waals surface area contributed by atoms with Crippen molar-refractivity contribution in [2.75, 3.05) is 0 Å². The number of hydrogen-bond donors (Lipinski definition) is 2. The number of nitrogens with two attached hydrogens (primary N) is 1. The number of nitrogens with zero attached hydrogens (tertiary/aromatic N) is 2. The van der Waals surface area contributed by atoms with E-state index in [9.17, 15) is 22.8 Å². The molecule has 6 nitrogen and oxygen atoms in total. The quantitative estimate of drug-likeness (QED) is 0.483. The topological polar surface area (TPSA) is 106 Å². The Morgan fingerprint density at radius 2 is 1.77 bits per heavy atom. The predicted molar refractivity (Wildman–Crippen MR) is 123 cm³/mol. The maximum absolute atomic E-state index is 14.5. The van der Waals surface area contributed by atoms with Crippen molar-refractivity contribution in [2.45, 2.75) is 44.6 Å². The van der Waals surface area contributed by atoms with E-state index in [-0.39, 0.29) is 24.1 Å². The third-order valence-corrected chi connectivity index (χ3v) is 6.37. The molecule has 3 N–H and O–H groups in total. The molecule has 1 aromatic carbocycles. The SMILES string of the molecule is C[C@@H]1C[C@H](N)C[C@H](c2ccncc2CC(=O)c2ccc(F)c(-c3c(F)cc(C(=O)O)cc3F)n2)C1. The molecule has 1 saturated carbocycles. The number of aromatic nitrogens is 2. The molecule has 0 saturated heterocycles. The summed E-state index contributed by atoms with van der Waals surface area (Å²) in [6.45, 7) is 2.14. The number of Topliss-reactive ketones (excluding diaryl/α,β-unsaturated/α-hetero) is 1. The summed E-state index contributed by atoms with van der Waals surface area (Å²) in [5.74, 6) is -5.03. The van der Waals surface area contributed by atoms with Crippen LogP contribution >= 0.6 is 0 Å². The monoisotopic (exact) mass is 483 g/mol. The molecule has 0 aliphatic heterocycles. The van der Waals surface area contributed by atoms with Crippen LogP contribution in [0.4, 0.5) is 13.2 Å². The molecule has 2 aromatic heterocycles. The van der Waals surface area contributed by atoms with E-state index in [2.05, 4.69) is 16.9 Å². The van der Waals surface area contributed by atoms with Crippen molar-refractivity contribution in [3.8, 4) is 11.3 Å². The minimum absolute atomic E-state index is 0.0686. The van der Waals surface area contributed by atoms with Crippen LogP contribution in [0.25, 0.3) is 11.3 Å². The van der Waals surface area contributed by atoms with E-state index >= 15 is 0 Å². The average molecular weight is 483 g/mol. The molecule has 3 atom stereocenters. The molecule has 1 aliphatic carbocycles. The molecular formula is C26H24F3N3O3. The molecule has 4 rings (SSSR count). The third kappa shape index (κ3) is 5.24. The Morgan fingerprint density at radius 3 is 2.43 bits per heavy atom. The molecule has 9 heteroatoms. The van der Waals surface area contributed by atoms with Crippen LogP contribution in [0, 0.1) is 23.4 Å². The second-order valence-corrected chi connectivity index (χ2v) is 9.09. The normalized spacial score (nSPS) is 20.0. The highest BCUT2D eigenvalue weighted by molar-refractivity contribution is 5.96. The van der Waals surface area contributed by atoms with Gasteiger partial charge < -0.3 is 10.8 Å². The molecule has 3 aromatic rings. The van der Waals surface area contributed by atoms with Crippen molar-refractivity contribution in [1.82, 2.24) is 9.97 Å². The van der Waals surface area contributed by atoms with Gasteiger partial charge in [-0.3, -0.25) is 9.78 Å². The van der Waals surface area contributed by atoms with Gasteiger partial charge in [0.1, 0.15) is 28.8 Å². The summed E-state index contributed by atoms with van der Waals surface area (Å²) in [5.41, 5.74) is 5.53. The lowest BCUT2D eigenvalue weighted by molar-refractivity contribution is 0.0695. The number of ketones is 1. The Kier molecular flexibility index (Phi) is 6.98. The van der Waals surface area contributed by atoms with Crippen molar-refractivity contribution in [3.63, 3.8) is 0 Å². The lowest BCUT2D eigenvalue weighted by Gasteiger charge is -2.32. The number of rotatable bonds is 6. The first-order chi connectivity index (χ1) is 16.6. The van der Waals surface area contributed by atoms with Crippen LogP contribution < -0.4 is 5.73 Å². The third-order valence-electron chi connectivity index (χ3n) is 6.37. The number of carboxylic acid groups (broad SMARTS) is 1. The standard InChI is InChI=1S/C26H24F3N3O3/c1-13-6-14(8-17(30)7-13)18-4-5-31-12-16(18)11-23(33)22-3-2-19(27)25(32-22)24-20(28)9-15(26(34)35)10-21(24)29/h2-5,9-10,12-14,17H,6-8,11,30H2,1H3,(H,34,35)/t13-,14+,17-/m0/s1. The largest absolute Gasteiger partial charge is 0.478 e. The number of aromatic carboxylic acids is 1. The van der Waals surface area contributed by atoms with E-state index in [0.29, 0.717) is 23.6 Å². The Balaban J connectivity index is 1.65. The van der Waals surface area contributed by atoms with Gasteiger partial charge in [-0.15, -0.1) is 0 Å². The second kappa shape index (κ2) is 9.95. The summed E-state index contributed by atoms with van der Waals surface area (Å²) in [7, 11) is 0. The molecule has 182 valence electrons. The highest BCUT2D eigenvalue weighted by Crippen LogP contribution is 2.37. The Morgan fingerprint density at radius 1 is 1.06 bits per heavy atom. The Hall–Kier alpha value is -3.59. The highest BCUT2D eigenvalue weighted by atomic mass is 19.1. The van der Waals surface area contributed by atoms with Gasteiger partial charge in [0.05, 0.1) is 11.1 Å². The van der Waals surface area contributed by atoms with Crippen LogP contribution in [0.3, 0.4) is 0 Å². The molecule has 1 aliphatic rings. The van der Waals surface area contributed by atoms with Crippen molar-refractivity contribution >= 4 is 11.8 Å². The van der Waals surface area contributed by atoms with Crippen LogP contribution in [0.5, 0.6) is 0 Å². The van der Waals surface area contributed by atoms with Gasteiger partial charge in [-0.05, 0) is 72.6 Å². The van der Waals surface area contributed by atoms with Crippen molar-refractivity contribution in [3.05, 3.63) is 82.6 Å². The highest BCUT2D eigenvalue weighted by Gasteiger charge is 2.28. The van der Waals surface area contributed by atoms with Gasteiger partial charge in [0.25, 0.3) is 0 Å². The number of pyridine rings is 2. The zero-order valence-corrected chi connectivity index (χ0v) is 19.0. The van der Waals surface area contributed by atoms with E-state index < -0.39 is 46.0 Å². The first-order valence-electron chi connectivity index (χ1n) is 11.2. The van der Waals surface area contributed by atoms with Crippen molar-refractivity contribution in [1.29, 1.82) is 0 Å². The predicted octanol–water partition coefficient (Wildman–Crippen LogP) is 4.92. The van der Waals surface area contributed by atoms with E-state index in [4.69, 9.17) is 10.8 Å². The van der Waals surface area contributed by atoms with E-state index in [0.717, 1.165) is 37.0 Å². The number of carbonyl (C=O) groups excluding carboxylic acids is 1. The summed E-state index contributed by atoms with van der Waals surface area (Å²) < 4.78 is 43.6. The van der Waals surface area contributed by atoms with Gasteiger partial charge in [0, 0.05) is 24.9 Å². The van der Waals surface area contributed by atoms with E-state index in [1.165, 1.54) is 0 Å². The van der Waals surface area contributed by atoms with Crippen LogP contribution in [0.1, 0.15) is 64.1 Å². The zero-order chi connectivity index (χ0) is 25.3. The summed E-state index contributed by atoms with van der Waals surface area (Å²) in [4.78, 5) is 32.2. The molecule has 1 fully saturated rings. The Labute approximate surface area is 200 Å². The van der Waals surface area contributed by atoms with Crippen molar-refractivity contribution < 1.29 is 27.9 Å². The summed E-state index contributed by atoms with van der Waals surface area (Å²) in [6, 6.07) is 5.15. The molecule has 0 radical (unpaired) electrons. The molecule has 0 unspecified atom stereocenters. The summed E-state index contributed by atoms with van der Waals surface area (Å²) in [5, 5.41) is 8.97. The number of halogens is 3. The fraction of sp³-hybridized carbons (Fsp3) is 0.308. The van der Waals surface area contributed by atoms with Gasteiger partial charge in [-0.1, -0.05) is 6.92 Å². The first-order valence-corrected chi connectivity index (χ1v) is 11.2. The van der Waals surface area contributed by atoms with Gasteiger partial charge in [-0.25, -0.2) is 22.9 Å². The maximum Gasteiger partial charge on any atom is 0.335 e. The van der Waals surface area contributed by atoms with Crippen LogP contribution in [0.2, 0.25) is 0 Å². The molecule has 0 amide bonds. The number of hydrogen-bond acceptors (Lipinski definition) is 5. The molecule has 0 spiro atoms. The first kappa shape index (κ1) is 24.5. The average Bonchev–Trinajstić information content (AvgIpc) is 2.79. The van der Waals surface area contributed by atoms with Gasteiger partial charge >= 0.3 is 5.97 Å². The Bertz CT molecular complexity index is 1260. The fourth-order valence-corrected chi connectivity index (χ4v) is 4.85. The van der Waals surface area contributed by atoms with E-state index in [1.807, 2.05) is 6.07 Å². The van der Waals surface area contributed by atoms with Crippen LogP contribution in [0.15, 0.2) is 42.7 Å². The summed E-state index contributed by atoms with van der Waals surface area (Å²) in [6.07, 6.45) is 5.85. The van der Waals surface area contributed by atoms with Crippen molar-refractivity contribution in [2.24, 2.45) is 11.7 Å². The molecule has 35 heavy (non-hydrogen) atoms. The van der Waals surface area contributed by atoms with Gasteiger partial charge in [0.15, 0.2) is 5.78 Å². The molecular weight excluding hydrogens is 459 g/mol. The zero-order valence-electron chi connectivity index (χ0n) is 19.0. The van der Waals surface area contributed by atoms with Crippen LogP contribution in [-0.2, 0) is 6.42 Å². The lowest BCUT2D eigenvalue weighted by atomic mass is 9.75. The van der Waals surface area contributed by atoms with E-state index in [1.54, 1.807) is 12.4 Å². The molecule has 0 bridgehead atoms. The van der Waals surface area contributed by atoms with Crippen LogP contribution in [-0.4, -0.2) is 32.9 Å². The second-order valence-electron chi connectivity index (χ2n) is 9.09. The molecule has 2 heterocycles.